The Morgan fingerprint density at radius 1 is 1.05 bits per heavy atom. The lowest BCUT2D eigenvalue weighted by molar-refractivity contribution is 0.454. The van der Waals surface area contributed by atoms with Gasteiger partial charge in [-0.2, -0.15) is 5.26 Å². The molecule has 0 spiro atoms. The number of hydrogen-bond acceptors (Lipinski definition) is 2. The number of nitrogens with zero attached hydrogens (tertiary/aromatic N) is 1. The summed E-state index contributed by atoms with van der Waals surface area (Å²) in [6.07, 6.45) is 0. The zero-order valence-corrected chi connectivity index (χ0v) is 13.5. The monoisotopic (exact) mass is 299 g/mol. The molecule has 0 radical (unpaired) electrons. The summed E-state index contributed by atoms with van der Waals surface area (Å²) in [6, 6.07) is 13.3. The average Bonchev–Trinajstić information content (AvgIpc) is 2.39. The maximum atomic E-state index is 9.22. The molecule has 3 heteroatoms. The second-order valence-corrected chi connectivity index (χ2v) is 6.54. The van der Waals surface area contributed by atoms with Gasteiger partial charge in [-0.3, -0.25) is 0 Å². The molecule has 0 aliphatic rings. The van der Waals surface area contributed by atoms with Crippen molar-refractivity contribution in [2.75, 3.05) is 0 Å². The van der Waals surface area contributed by atoms with Crippen LogP contribution >= 0.6 is 11.6 Å². The van der Waals surface area contributed by atoms with Crippen LogP contribution in [-0.4, -0.2) is 0 Å². The van der Waals surface area contributed by atoms with E-state index in [4.69, 9.17) is 16.3 Å². The summed E-state index contributed by atoms with van der Waals surface area (Å²) in [6.45, 7) is 8.43. The molecule has 0 bridgehead atoms. The molecule has 2 aromatic rings. The molecular weight excluding hydrogens is 282 g/mol. The predicted octanol–water partition coefficient (Wildman–Crippen LogP) is 5.61. The van der Waals surface area contributed by atoms with E-state index in [0.29, 0.717) is 16.3 Å². The Labute approximate surface area is 130 Å². The van der Waals surface area contributed by atoms with Gasteiger partial charge in [0.05, 0.1) is 5.56 Å². The molecule has 2 nitrogen and oxygen atoms in total. The average molecular weight is 300 g/mol. The van der Waals surface area contributed by atoms with Gasteiger partial charge in [-0.25, -0.2) is 0 Å². The fourth-order valence-corrected chi connectivity index (χ4v) is 2.30. The maximum Gasteiger partial charge on any atom is 0.145 e. The first-order valence-electron chi connectivity index (χ1n) is 6.80. The minimum Gasteiger partial charge on any atom is -0.456 e. The van der Waals surface area contributed by atoms with Gasteiger partial charge < -0.3 is 4.74 Å². The highest BCUT2D eigenvalue weighted by molar-refractivity contribution is 6.30. The fraction of sp³-hybridized carbons (Fsp3) is 0.278. The Balaban J connectivity index is 2.50. The van der Waals surface area contributed by atoms with Crippen LogP contribution in [0.25, 0.3) is 0 Å². The molecule has 0 aliphatic carbocycles. The summed E-state index contributed by atoms with van der Waals surface area (Å²) in [5.74, 6) is 1.30. The molecule has 0 heterocycles. The van der Waals surface area contributed by atoms with Gasteiger partial charge in [0.2, 0.25) is 0 Å². The topological polar surface area (TPSA) is 33.0 Å². The van der Waals surface area contributed by atoms with Crippen molar-refractivity contribution in [3.05, 3.63) is 58.1 Å². The smallest absolute Gasteiger partial charge is 0.145 e. The molecule has 0 fully saturated rings. The zero-order chi connectivity index (χ0) is 15.6. The third kappa shape index (κ3) is 3.56. The van der Waals surface area contributed by atoms with E-state index >= 15 is 0 Å². The number of halogens is 1. The van der Waals surface area contributed by atoms with Crippen LogP contribution < -0.4 is 4.74 Å². The largest absolute Gasteiger partial charge is 0.456 e. The third-order valence-electron chi connectivity index (χ3n) is 3.23. The van der Waals surface area contributed by atoms with E-state index in [2.05, 4.69) is 39.0 Å². The minimum atomic E-state index is -0.0394. The maximum absolute atomic E-state index is 9.22. The van der Waals surface area contributed by atoms with Crippen molar-refractivity contribution in [2.45, 2.75) is 33.1 Å². The quantitative estimate of drug-likeness (QED) is 0.722. The van der Waals surface area contributed by atoms with Crippen molar-refractivity contribution in [1.82, 2.24) is 0 Å². The van der Waals surface area contributed by atoms with Crippen molar-refractivity contribution in [3.63, 3.8) is 0 Å². The summed E-state index contributed by atoms with van der Waals surface area (Å²) < 4.78 is 6.01. The molecule has 0 amide bonds. The number of rotatable bonds is 2. The highest BCUT2D eigenvalue weighted by atomic mass is 35.5. The van der Waals surface area contributed by atoms with Crippen LogP contribution in [0.1, 0.15) is 37.5 Å². The Kier molecular flexibility index (Phi) is 4.25. The van der Waals surface area contributed by atoms with Gasteiger partial charge in [-0.15, -0.1) is 0 Å². The molecule has 0 aromatic heterocycles. The SMILES string of the molecule is Cc1ccc(C(C)(C)C)c(Oc2ccc(Cl)cc2C#N)c1. The Bertz CT molecular complexity index is 708. The molecular formula is C18H18ClNO. The van der Waals surface area contributed by atoms with Crippen LogP contribution in [0, 0.1) is 18.3 Å². The van der Waals surface area contributed by atoms with Crippen molar-refractivity contribution in [2.24, 2.45) is 0 Å². The lowest BCUT2D eigenvalue weighted by Gasteiger charge is -2.23. The normalized spacial score (nSPS) is 11.0. The molecule has 0 unspecified atom stereocenters. The number of benzene rings is 2. The molecule has 108 valence electrons. The van der Waals surface area contributed by atoms with E-state index in [1.807, 2.05) is 13.0 Å². The van der Waals surface area contributed by atoms with E-state index in [0.717, 1.165) is 16.9 Å². The summed E-state index contributed by atoms with van der Waals surface area (Å²) in [4.78, 5) is 0. The van der Waals surface area contributed by atoms with E-state index in [-0.39, 0.29) is 5.41 Å². The minimum absolute atomic E-state index is 0.0394. The van der Waals surface area contributed by atoms with Gasteiger partial charge in [0.25, 0.3) is 0 Å². The van der Waals surface area contributed by atoms with E-state index in [9.17, 15) is 5.26 Å². The highest BCUT2D eigenvalue weighted by Gasteiger charge is 2.20. The number of aryl methyl sites for hydroxylation is 1. The van der Waals surface area contributed by atoms with Crippen molar-refractivity contribution >= 4 is 11.6 Å². The summed E-state index contributed by atoms with van der Waals surface area (Å²) >= 11 is 5.92. The van der Waals surface area contributed by atoms with Crippen LogP contribution in [0.15, 0.2) is 36.4 Å². The van der Waals surface area contributed by atoms with Crippen LogP contribution in [0.5, 0.6) is 11.5 Å². The highest BCUT2D eigenvalue weighted by Crippen LogP contribution is 2.36. The zero-order valence-electron chi connectivity index (χ0n) is 12.7. The molecule has 0 N–H and O–H groups in total. The Hall–Kier alpha value is -1.98. The van der Waals surface area contributed by atoms with Crippen LogP contribution in [-0.2, 0) is 5.41 Å². The lowest BCUT2D eigenvalue weighted by Crippen LogP contribution is -2.12. The summed E-state index contributed by atoms with van der Waals surface area (Å²) in [5, 5.41) is 9.74. The van der Waals surface area contributed by atoms with Gasteiger partial charge in [0.1, 0.15) is 17.6 Å². The molecule has 0 saturated carbocycles. The van der Waals surface area contributed by atoms with Crippen LogP contribution in [0.3, 0.4) is 0 Å². The molecule has 0 aliphatic heterocycles. The fourth-order valence-electron chi connectivity index (χ4n) is 2.13. The van der Waals surface area contributed by atoms with Crippen LogP contribution in [0.4, 0.5) is 0 Å². The van der Waals surface area contributed by atoms with E-state index in [1.54, 1.807) is 18.2 Å². The molecule has 0 saturated heterocycles. The predicted molar refractivity (Wildman–Crippen MR) is 86.1 cm³/mol. The first kappa shape index (κ1) is 15.4. The second kappa shape index (κ2) is 5.79. The van der Waals surface area contributed by atoms with Gasteiger partial charge in [-0.1, -0.05) is 44.5 Å². The number of ether oxygens (including phenoxy) is 1. The van der Waals surface area contributed by atoms with E-state index in [1.165, 1.54) is 0 Å². The van der Waals surface area contributed by atoms with Crippen molar-refractivity contribution in [1.29, 1.82) is 5.26 Å². The number of hydrogen-bond donors (Lipinski definition) is 0. The first-order valence-corrected chi connectivity index (χ1v) is 7.17. The Morgan fingerprint density at radius 2 is 1.76 bits per heavy atom. The third-order valence-corrected chi connectivity index (χ3v) is 3.46. The first-order chi connectivity index (χ1) is 9.81. The van der Waals surface area contributed by atoms with Crippen LogP contribution in [0.2, 0.25) is 5.02 Å². The summed E-state index contributed by atoms with van der Waals surface area (Å²) in [7, 11) is 0. The Morgan fingerprint density at radius 3 is 2.38 bits per heavy atom. The molecule has 2 rings (SSSR count). The van der Waals surface area contributed by atoms with Crippen molar-refractivity contribution < 1.29 is 4.74 Å². The van der Waals surface area contributed by atoms with Crippen molar-refractivity contribution in [3.8, 4) is 17.6 Å². The van der Waals surface area contributed by atoms with Gasteiger partial charge in [0, 0.05) is 10.6 Å². The van der Waals surface area contributed by atoms with Gasteiger partial charge >= 0.3 is 0 Å². The molecule has 2 aromatic carbocycles. The molecule has 0 atom stereocenters. The van der Waals surface area contributed by atoms with Gasteiger partial charge in [0.15, 0.2) is 0 Å². The molecule has 21 heavy (non-hydrogen) atoms. The lowest BCUT2D eigenvalue weighted by atomic mass is 9.86. The van der Waals surface area contributed by atoms with E-state index < -0.39 is 0 Å². The summed E-state index contributed by atoms with van der Waals surface area (Å²) in [5.41, 5.74) is 2.61. The second-order valence-electron chi connectivity index (χ2n) is 6.10. The van der Waals surface area contributed by atoms with Gasteiger partial charge in [-0.05, 0) is 42.2 Å². The number of nitriles is 1. The standard InChI is InChI=1S/C18H18ClNO/c1-12-5-7-15(18(2,3)4)17(9-12)21-16-8-6-14(19)10-13(16)11-20/h5-10H,1-4H3.